The second-order valence-electron chi connectivity index (χ2n) is 3.31. The van der Waals surface area contributed by atoms with Crippen molar-refractivity contribution in [2.75, 3.05) is 11.1 Å². The number of anilines is 3. The molecule has 1 aromatic heterocycles. The maximum absolute atomic E-state index is 13.5. The molecule has 4 nitrogen and oxygen atoms in total. The minimum Gasteiger partial charge on any atom is -0.394 e. The number of nitrogens with two attached hydrogens (primary N) is 1. The molecule has 2 rings (SSSR count). The monoisotopic (exact) mass is 334 g/mol. The van der Waals surface area contributed by atoms with Crippen molar-refractivity contribution >= 4 is 44.7 Å². The largest absolute Gasteiger partial charge is 0.394 e. The van der Waals surface area contributed by atoms with Gasteiger partial charge >= 0.3 is 0 Å². The Morgan fingerprint density at radius 2 is 2.00 bits per heavy atom. The number of halogens is 4. The van der Waals surface area contributed by atoms with Gasteiger partial charge in [0.15, 0.2) is 5.82 Å². The average molecular weight is 336 g/mol. The van der Waals surface area contributed by atoms with Gasteiger partial charge in [0, 0.05) is 6.07 Å². The van der Waals surface area contributed by atoms with E-state index < -0.39 is 11.6 Å². The predicted octanol–water partition coefficient (Wildman–Crippen LogP) is 3.50. The lowest BCUT2D eigenvalue weighted by Gasteiger charge is -2.09. The van der Waals surface area contributed by atoms with Crippen molar-refractivity contribution in [3.8, 4) is 0 Å². The Balaban J connectivity index is 2.40. The van der Waals surface area contributed by atoms with Gasteiger partial charge in [-0.05, 0) is 33.6 Å². The summed E-state index contributed by atoms with van der Waals surface area (Å²) in [6, 6.07) is 1.98. The molecule has 0 unspecified atom stereocenters. The first kappa shape index (κ1) is 13.0. The van der Waals surface area contributed by atoms with Crippen molar-refractivity contribution in [1.82, 2.24) is 9.97 Å². The number of nitrogen functional groups attached to an aromatic ring is 1. The molecule has 0 radical (unpaired) electrons. The van der Waals surface area contributed by atoms with E-state index in [2.05, 4.69) is 31.2 Å². The van der Waals surface area contributed by atoms with E-state index in [0.29, 0.717) is 0 Å². The van der Waals surface area contributed by atoms with Gasteiger partial charge in [-0.3, -0.25) is 0 Å². The van der Waals surface area contributed by atoms with Crippen LogP contribution in [0.2, 0.25) is 5.28 Å². The van der Waals surface area contributed by atoms with Gasteiger partial charge in [-0.2, -0.15) is 4.98 Å². The molecule has 0 atom stereocenters. The number of nitrogens with one attached hydrogen (secondary N) is 1. The lowest BCUT2D eigenvalue weighted by Crippen LogP contribution is -2.02. The Morgan fingerprint density at radius 1 is 1.28 bits per heavy atom. The quantitative estimate of drug-likeness (QED) is 0.651. The number of rotatable bonds is 2. The SMILES string of the molecule is Nc1cnc(Cl)nc1Nc1cc(Br)c(F)cc1F. The zero-order valence-electron chi connectivity index (χ0n) is 8.72. The highest BCUT2D eigenvalue weighted by molar-refractivity contribution is 9.10. The summed E-state index contributed by atoms with van der Waals surface area (Å²) in [6.45, 7) is 0. The molecule has 0 spiro atoms. The van der Waals surface area contributed by atoms with Crippen LogP contribution in [-0.4, -0.2) is 9.97 Å². The Labute approximate surface area is 114 Å². The molecule has 0 aliphatic carbocycles. The molecular formula is C10H6BrClF2N4. The maximum atomic E-state index is 13.5. The van der Waals surface area contributed by atoms with E-state index in [1.54, 1.807) is 0 Å². The molecule has 0 aliphatic rings. The minimum absolute atomic E-state index is 0.0183. The van der Waals surface area contributed by atoms with Gasteiger partial charge in [0.05, 0.1) is 22.0 Å². The van der Waals surface area contributed by atoms with Gasteiger partial charge in [-0.15, -0.1) is 0 Å². The fourth-order valence-corrected chi connectivity index (χ4v) is 1.69. The smallest absolute Gasteiger partial charge is 0.224 e. The molecule has 1 heterocycles. The van der Waals surface area contributed by atoms with E-state index in [1.807, 2.05) is 0 Å². The topological polar surface area (TPSA) is 63.8 Å². The van der Waals surface area contributed by atoms with E-state index in [4.69, 9.17) is 17.3 Å². The summed E-state index contributed by atoms with van der Waals surface area (Å²) in [7, 11) is 0. The summed E-state index contributed by atoms with van der Waals surface area (Å²) in [5, 5.41) is 2.58. The van der Waals surface area contributed by atoms with Gasteiger partial charge < -0.3 is 11.1 Å². The van der Waals surface area contributed by atoms with Gasteiger partial charge in [0.2, 0.25) is 5.28 Å². The molecule has 0 amide bonds. The van der Waals surface area contributed by atoms with Crippen LogP contribution in [-0.2, 0) is 0 Å². The van der Waals surface area contributed by atoms with Crippen LogP contribution in [0.3, 0.4) is 0 Å². The zero-order chi connectivity index (χ0) is 13.3. The Hall–Kier alpha value is -1.47. The highest BCUT2D eigenvalue weighted by atomic mass is 79.9. The zero-order valence-corrected chi connectivity index (χ0v) is 11.1. The number of benzene rings is 1. The Bertz CT molecular complexity index is 609. The molecule has 0 saturated heterocycles. The highest BCUT2D eigenvalue weighted by Gasteiger charge is 2.11. The van der Waals surface area contributed by atoms with Crippen LogP contribution in [0.15, 0.2) is 22.8 Å². The molecular weight excluding hydrogens is 329 g/mol. The van der Waals surface area contributed by atoms with Crippen molar-refractivity contribution in [3.63, 3.8) is 0 Å². The maximum Gasteiger partial charge on any atom is 0.224 e. The van der Waals surface area contributed by atoms with Crippen LogP contribution in [0.4, 0.5) is 26.0 Å². The summed E-state index contributed by atoms with van der Waals surface area (Å²) < 4.78 is 26.7. The predicted molar refractivity (Wildman–Crippen MR) is 68.8 cm³/mol. The Morgan fingerprint density at radius 3 is 2.72 bits per heavy atom. The van der Waals surface area contributed by atoms with Crippen LogP contribution in [0, 0.1) is 11.6 Å². The fraction of sp³-hybridized carbons (Fsp3) is 0. The van der Waals surface area contributed by atoms with Crippen LogP contribution < -0.4 is 11.1 Å². The second kappa shape index (κ2) is 5.03. The van der Waals surface area contributed by atoms with E-state index in [-0.39, 0.29) is 26.9 Å². The average Bonchev–Trinajstić information content (AvgIpc) is 2.30. The fourth-order valence-electron chi connectivity index (χ4n) is 1.22. The molecule has 94 valence electrons. The lowest BCUT2D eigenvalue weighted by molar-refractivity contribution is 0.581. The van der Waals surface area contributed by atoms with Crippen LogP contribution in [0.25, 0.3) is 0 Å². The molecule has 8 heteroatoms. The van der Waals surface area contributed by atoms with E-state index in [9.17, 15) is 8.78 Å². The van der Waals surface area contributed by atoms with Crippen molar-refractivity contribution < 1.29 is 8.78 Å². The van der Waals surface area contributed by atoms with Crippen molar-refractivity contribution in [1.29, 1.82) is 0 Å². The third-order valence-electron chi connectivity index (χ3n) is 2.05. The van der Waals surface area contributed by atoms with Crippen molar-refractivity contribution in [3.05, 3.63) is 39.7 Å². The lowest BCUT2D eigenvalue weighted by atomic mass is 10.3. The highest BCUT2D eigenvalue weighted by Crippen LogP contribution is 2.27. The number of nitrogens with zero attached hydrogens (tertiary/aromatic N) is 2. The molecule has 2 aromatic rings. The molecule has 0 aliphatic heterocycles. The summed E-state index contributed by atoms with van der Waals surface area (Å²) >= 11 is 8.55. The molecule has 3 N–H and O–H groups in total. The standard InChI is InChI=1S/C10H6BrClF2N4/c11-4-1-8(6(14)2-5(4)13)17-9-7(15)3-16-10(12)18-9/h1-3H,15H2,(H,16,17,18). The van der Waals surface area contributed by atoms with Crippen molar-refractivity contribution in [2.45, 2.75) is 0 Å². The van der Waals surface area contributed by atoms with Gasteiger partial charge in [-0.25, -0.2) is 13.8 Å². The van der Waals surface area contributed by atoms with Crippen molar-refractivity contribution in [2.24, 2.45) is 0 Å². The second-order valence-corrected chi connectivity index (χ2v) is 4.51. The van der Waals surface area contributed by atoms with Crippen LogP contribution in [0.5, 0.6) is 0 Å². The number of hydrogen-bond donors (Lipinski definition) is 2. The molecule has 0 bridgehead atoms. The molecule has 0 saturated carbocycles. The minimum atomic E-state index is -0.773. The van der Waals surface area contributed by atoms with Gasteiger partial charge in [-0.1, -0.05) is 0 Å². The number of aromatic nitrogens is 2. The van der Waals surface area contributed by atoms with Gasteiger partial charge in [0.1, 0.15) is 11.6 Å². The van der Waals surface area contributed by atoms with E-state index >= 15 is 0 Å². The third-order valence-corrected chi connectivity index (χ3v) is 2.84. The first-order valence-corrected chi connectivity index (χ1v) is 5.84. The normalized spacial score (nSPS) is 10.4. The van der Waals surface area contributed by atoms with Crippen LogP contribution >= 0.6 is 27.5 Å². The molecule has 18 heavy (non-hydrogen) atoms. The Kier molecular flexibility index (Phi) is 3.63. The van der Waals surface area contributed by atoms with E-state index in [0.717, 1.165) is 6.07 Å². The third kappa shape index (κ3) is 2.68. The van der Waals surface area contributed by atoms with Gasteiger partial charge in [0.25, 0.3) is 0 Å². The first-order chi connectivity index (χ1) is 8.47. The molecule has 0 fully saturated rings. The van der Waals surface area contributed by atoms with Crippen LogP contribution in [0.1, 0.15) is 0 Å². The molecule has 1 aromatic carbocycles. The summed E-state index contributed by atoms with van der Waals surface area (Å²) in [5.41, 5.74) is 5.81. The van der Waals surface area contributed by atoms with E-state index in [1.165, 1.54) is 12.3 Å². The number of hydrogen-bond acceptors (Lipinski definition) is 4. The summed E-state index contributed by atoms with van der Waals surface area (Å²) in [6.07, 6.45) is 1.29. The summed E-state index contributed by atoms with van der Waals surface area (Å²) in [4.78, 5) is 7.47. The first-order valence-electron chi connectivity index (χ1n) is 4.67. The summed E-state index contributed by atoms with van der Waals surface area (Å²) in [5.74, 6) is -1.33.